The number of aromatic carboxylic acids is 1. The van der Waals surface area contributed by atoms with Gasteiger partial charge in [-0.25, -0.2) is 4.79 Å². The van der Waals surface area contributed by atoms with Crippen LogP contribution in [0.5, 0.6) is 5.75 Å². The standard InChI is InChI=1S/C39H44N4O5/c1-3-33-36-32(40-43(33)19-18-41-20-24-46-25-21-41)26-47-22-7-6-17-42-37-31(16-15-27(2)35(36)37)30(38(42)39(44)45)13-9-23-48-34-14-8-11-28-10-4-5-12-29(28)34/h4-8,10-12,14-16H,3,9,13,17-26H2,1-2H3,(H,44,45)/b7-6-. The van der Waals surface area contributed by atoms with Crippen molar-refractivity contribution in [2.24, 2.45) is 0 Å². The van der Waals surface area contributed by atoms with E-state index in [-0.39, 0.29) is 0 Å². The van der Waals surface area contributed by atoms with Gasteiger partial charge in [-0.1, -0.05) is 67.6 Å². The largest absolute Gasteiger partial charge is 0.493 e. The van der Waals surface area contributed by atoms with E-state index in [1.807, 2.05) is 41.0 Å². The van der Waals surface area contributed by atoms with E-state index in [1.54, 1.807) is 0 Å². The fourth-order valence-electron chi connectivity index (χ4n) is 7.38. The van der Waals surface area contributed by atoms with Gasteiger partial charge in [0.05, 0.1) is 50.8 Å². The molecule has 2 aromatic heterocycles. The van der Waals surface area contributed by atoms with Crippen molar-refractivity contribution >= 4 is 27.6 Å². The van der Waals surface area contributed by atoms with E-state index in [2.05, 4.69) is 53.8 Å². The summed E-state index contributed by atoms with van der Waals surface area (Å²) in [5, 5.41) is 19.1. The van der Waals surface area contributed by atoms with E-state index in [9.17, 15) is 9.90 Å². The first-order chi connectivity index (χ1) is 23.5. The summed E-state index contributed by atoms with van der Waals surface area (Å²) in [5.41, 5.74) is 7.41. The molecule has 250 valence electrons. The van der Waals surface area contributed by atoms with Crippen LogP contribution >= 0.6 is 0 Å². The molecule has 0 unspecified atom stereocenters. The minimum absolute atomic E-state index is 0.339. The highest BCUT2D eigenvalue weighted by Gasteiger charge is 2.29. The van der Waals surface area contributed by atoms with Crippen molar-refractivity contribution in [1.82, 2.24) is 19.2 Å². The third-order valence-corrected chi connectivity index (χ3v) is 9.67. The number of hydrogen-bond acceptors (Lipinski definition) is 6. The molecule has 48 heavy (non-hydrogen) atoms. The summed E-state index contributed by atoms with van der Waals surface area (Å²) in [4.78, 5) is 15.5. The van der Waals surface area contributed by atoms with E-state index in [1.165, 1.54) is 0 Å². The lowest BCUT2D eigenvalue weighted by Gasteiger charge is -2.26. The summed E-state index contributed by atoms with van der Waals surface area (Å²) in [5.74, 6) is -0.0737. The molecule has 0 radical (unpaired) electrons. The number of rotatable bonds is 10. The number of morpholine rings is 1. The molecule has 1 saturated heterocycles. The Kier molecular flexibility index (Phi) is 9.61. The topological polar surface area (TPSA) is 91.0 Å². The monoisotopic (exact) mass is 648 g/mol. The molecule has 0 spiro atoms. The first-order valence-corrected chi connectivity index (χ1v) is 17.2. The van der Waals surface area contributed by atoms with Crippen LogP contribution in [0.15, 0.2) is 66.7 Å². The molecule has 0 saturated carbocycles. The quantitative estimate of drug-likeness (QED) is 0.134. The van der Waals surface area contributed by atoms with Crippen LogP contribution in [0, 0.1) is 6.92 Å². The molecule has 0 atom stereocenters. The molecular formula is C39H44N4O5. The van der Waals surface area contributed by atoms with Gasteiger partial charge in [-0.2, -0.15) is 5.10 Å². The average Bonchev–Trinajstić information content (AvgIpc) is 3.61. The highest BCUT2D eigenvalue weighted by atomic mass is 16.5. The number of fused-ring (bicyclic) bond motifs is 3. The number of hydrogen-bond donors (Lipinski definition) is 1. The van der Waals surface area contributed by atoms with Crippen LogP contribution in [0.2, 0.25) is 0 Å². The zero-order valence-electron chi connectivity index (χ0n) is 27.9. The van der Waals surface area contributed by atoms with Gasteiger partial charge in [0, 0.05) is 53.8 Å². The molecule has 5 aromatic rings. The van der Waals surface area contributed by atoms with Gasteiger partial charge in [0.25, 0.3) is 0 Å². The normalized spacial score (nSPS) is 16.1. The van der Waals surface area contributed by atoms with Gasteiger partial charge >= 0.3 is 5.97 Å². The summed E-state index contributed by atoms with van der Waals surface area (Å²) in [6, 6.07) is 18.5. The number of nitrogens with zero attached hydrogens (tertiary/aromatic N) is 4. The van der Waals surface area contributed by atoms with Gasteiger partial charge in [-0.15, -0.1) is 0 Å². The number of carboxylic acid groups (broad SMARTS) is 1. The summed E-state index contributed by atoms with van der Waals surface area (Å²) in [6.07, 6.45) is 6.05. The van der Waals surface area contributed by atoms with E-state index in [0.717, 1.165) is 107 Å². The second-order valence-corrected chi connectivity index (χ2v) is 12.6. The Labute approximate surface area is 281 Å². The number of carboxylic acids is 1. The van der Waals surface area contributed by atoms with Crippen LogP contribution in [0.25, 0.3) is 32.8 Å². The minimum atomic E-state index is -0.920. The number of ether oxygens (including phenoxy) is 3. The highest BCUT2D eigenvalue weighted by molar-refractivity contribution is 6.05. The Morgan fingerprint density at radius 3 is 2.62 bits per heavy atom. The van der Waals surface area contributed by atoms with Crippen molar-refractivity contribution in [3.05, 3.63) is 95.0 Å². The molecule has 0 amide bonds. The van der Waals surface area contributed by atoms with E-state index < -0.39 is 5.97 Å². The Morgan fingerprint density at radius 1 is 0.958 bits per heavy atom. The summed E-state index contributed by atoms with van der Waals surface area (Å²) >= 11 is 0. The van der Waals surface area contributed by atoms with Crippen LogP contribution in [-0.4, -0.2) is 76.4 Å². The van der Waals surface area contributed by atoms with Gasteiger partial charge < -0.3 is 23.9 Å². The van der Waals surface area contributed by atoms with Crippen LogP contribution in [-0.2, 0) is 42.0 Å². The predicted molar refractivity (Wildman–Crippen MR) is 188 cm³/mol. The zero-order chi connectivity index (χ0) is 33.0. The SMILES string of the molecule is CCc1c2c(nn1CCN1CCOCC1)COC/C=C\Cn1c(C(=O)O)c(CCCOc3cccc4ccccc34)c3ccc(C)c-2c31. The van der Waals surface area contributed by atoms with E-state index in [0.29, 0.717) is 44.9 Å². The molecule has 2 aliphatic heterocycles. The zero-order valence-corrected chi connectivity index (χ0v) is 27.9. The van der Waals surface area contributed by atoms with Crippen molar-refractivity contribution in [3.63, 3.8) is 0 Å². The Bertz CT molecular complexity index is 1960. The maximum absolute atomic E-state index is 13.1. The molecule has 4 heterocycles. The number of carbonyl (C=O) groups is 1. The molecule has 7 rings (SSSR count). The average molecular weight is 649 g/mol. The second-order valence-electron chi connectivity index (χ2n) is 12.6. The summed E-state index contributed by atoms with van der Waals surface area (Å²) < 4.78 is 22.1. The van der Waals surface area contributed by atoms with Gasteiger partial charge in [-0.05, 0) is 48.8 Å². The van der Waals surface area contributed by atoms with Crippen molar-refractivity contribution < 1.29 is 24.1 Å². The Balaban J connectivity index is 1.28. The maximum Gasteiger partial charge on any atom is 0.352 e. The van der Waals surface area contributed by atoms with Crippen molar-refractivity contribution in [1.29, 1.82) is 0 Å². The molecule has 0 aliphatic carbocycles. The third-order valence-electron chi connectivity index (χ3n) is 9.67. The molecule has 1 fully saturated rings. The third kappa shape index (κ3) is 6.25. The lowest BCUT2D eigenvalue weighted by molar-refractivity contribution is 0.0358. The van der Waals surface area contributed by atoms with Gasteiger partial charge in [0.2, 0.25) is 0 Å². The van der Waals surface area contributed by atoms with E-state index in [4.69, 9.17) is 19.3 Å². The number of benzene rings is 3. The number of aryl methyl sites for hydroxylation is 2. The molecular weight excluding hydrogens is 604 g/mol. The van der Waals surface area contributed by atoms with Gasteiger partial charge in [-0.3, -0.25) is 9.58 Å². The maximum atomic E-state index is 13.1. The highest BCUT2D eigenvalue weighted by Crippen LogP contribution is 2.41. The minimum Gasteiger partial charge on any atom is -0.493 e. The van der Waals surface area contributed by atoms with Gasteiger partial charge in [0.15, 0.2) is 0 Å². The molecule has 0 bridgehead atoms. The first kappa shape index (κ1) is 32.1. The fourth-order valence-corrected chi connectivity index (χ4v) is 7.38. The lowest BCUT2D eigenvalue weighted by atomic mass is 9.93. The fraction of sp³-hybridized carbons (Fsp3) is 0.385. The molecule has 2 aliphatic rings. The lowest BCUT2D eigenvalue weighted by Crippen LogP contribution is -2.38. The van der Waals surface area contributed by atoms with Crippen LogP contribution < -0.4 is 4.74 Å². The van der Waals surface area contributed by atoms with Crippen LogP contribution in [0.3, 0.4) is 0 Å². The summed E-state index contributed by atoms with van der Waals surface area (Å²) in [6.45, 7) is 11.1. The molecule has 3 aromatic carbocycles. The van der Waals surface area contributed by atoms with Crippen LogP contribution in [0.1, 0.15) is 46.3 Å². The smallest absolute Gasteiger partial charge is 0.352 e. The van der Waals surface area contributed by atoms with Crippen LogP contribution in [0.4, 0.5) is 0 Å². The number of aromatic nitrogens is 3. The number of allylic oxidation sites excluding steroid dienone is 1. The Morgan fingerprint density at radius 2 is 1.79 bits per heavy atom. The van der Waals surface area contributed by atoms with Crippen molar-refractivity contribution in [3.8, 4) is 16.9 Å². The second kappa shape index (κ2) is 14.4. The van der Waals surface area contributed by atoms with Gasteiger partial charge in [0.1, 0.15) is 11.4 Å². The molecule has 9 heteroatoms. The van der Waals surface area contributed by atoms with E-state index >= 15 is 0 Å². The summed E-state index contributed by atoms with van der Waals surface area (Å²) in [7, 11) is 0. The molecule has 1 N–H and O–H groups in total. The van der Waals surface area contributed by atoms with Crippen molar-refractivity contribution in [2.45, 2.75) is 52.8 Å². The predicted octanol–water partition coefficient (Wildman–Crippen LogP) is 6.66. The Hall–Kier alpha value is -4.44. The first-order valence-electron chi connectivity index (χ1n) is 17.2. The van der Waals surface area contributed by atoms with Crippen molar-refractivity contribution in [2.75, 3.05) is 46.1 Å². The molecule has 9 nitrogen and oxygen atoms in total.